The fourth-order valence-corrected chi connectivity index (χ4v) is 4.01. The van der Waals surface area contributed by atoms with Gasteiger partial charge in [-0.25, -0.2) is 0 Å². The molecule has 1 aliphatic rings. The van der Waals surface area contributed by atoms with Gasteiger partial charge in [-0.3, -0.25) is 14.4 Å². The number of fused-ring (bicyclic) bond motifs is 1. The lowest BCUT2D eigenvalue weighted by Crippen LogP contribution is -2.28. The number of amides is 3. The molecule has 0 saturated heterocycles. The monoisotopic (exact) mass is 481 g/mol. The zero-order valence-electron chi connectivity index (χ0n) is 19.3. The predicted molar refractivity (Wildman–Crippen MR) is 135 cm³/mol. The summed E-state index contributed by atoms with van der Waals surface area (Å²) in [6.07, 6.45) is 2.26. The number of nitrogens with one attached hydrogen (secondary N) is 2. The largest absolute Gasteiger partial charge is 0.484 e. The summed E-state index contributed by atoms with van der Waals surface area (Å²) in [5.41, 5.74) is 3.73. The van der Waals surface area contributed by atoms with Gasteiger partial charge in [0, 0.05) is 35.2 Å². The van der Waals surface area contributed by atoms with E-state index in [0.717, 1.165) is 12.1 Å². The molecule has 1 aliphatic heterocycles. The molecule has 3 aromatic carbocycles. The first-order valence-corrected chi connectivity index (χ1v) is 11.4. The van der Waals surface area contributed by atoms with E-state index in [1.165, 1.54) is 11.8 Å². The van der Waals surface area contributed by atoms with Gasteiger partial charge in [-0.15, -0.1) is 0 Å². The van der Waals surface area contributed by atoms with Crippen LogP contribution < -0.4 is 20.3 Å². The van der Waals surface area contributed by atoms with E-state index >= 15 is 0 Å². The summed E-state index contributed by atoms with van der Waals surface area (Å²) in [4.78, 5) is 39.2. The molecular weight excluding hydrogens is 458 g/mol. The third-order valence-corrected chi connectivity index (χ3v) is 5.75. The minimum Gasteiger partial charge on any atom is -0.484 e. The Labute approximate surface area is 207 Å². The summed E-state index contributed by atoms with van der Waals surface area (Å²) >= 11 is 0. The van der Waals surface area contributed by atoms with Crippen LogP contribution >= 0.6 is 0 Å². The number of nitrogens with zero attached hydrogens (tertiary/aromatic N) is 1. The van der Waals surface area contributed by atoms with Crippen molar-refractivity contribution in [1.82, 2.24) is 0 Å². The Morgan fingerprint density at radius 3 is 2.50 bits per heavy atom. The van der Waals surface area contributed by atoms with Gasteiger partial charge >= 0.3 is 0 Å². The molecule has 1 aromatic heterocycles. The number of benzene rings is 3. The van der Waals surface area contributed by atoms with Crippen LogP contribution in [0.2, 0.25) is 0 Å². The molecule has 0 unspecified atom stereocenters. The molecule has 0 radical (unpaired) electrons. The fraction of sp³-hybridized carbons (Fsp3) is 0.107. The van der Waals surface area contributed by atoms with Crippen LogP contribution in [0.15, 0.2) is 95.6 Å². The van der Waals surface area contributed by atoms with Crippen LogP contribution in [-0.2, 0) is 11.2 Å². The topological polar surface area (TPSA) is 101 Å². The number of carbonyl (C=O) groups is 3. The zero-order chi connectivity index (χ0) is 24.9. The van der Waals surface area contributed by atoms with Crippen molar-refractivity contribution in [3.63, 3.8) is 0 Å². The van der Waals surface area contributed by atoms with E-state index in [-0.39, 0.29) is 30.1 Å². The molecule has 8 nitrogen and oxygen atoms in total. The summed E-state index contributed by atoms with van der Waals surface area (Å²) in [6.45, 7) is 0.433. The van der Waals surface area contributed by atoms with Crippen molar-refractivity contribution in [2.45, 2.75) is 6.42 Å². The molecule has 0 bridgehead atoms. The van der Waals surface area contributed by atoms with Crippen LogP contribution in [0.5, 0.6) is 5.75 Å². The van der Waals surface area contributed by atoms with Crippen LogP contribution in [0.1, 0.15) is 26.5 Å². The number of hydrogen-bond donors (Lipinski definition) is 2. The Bertz CT molecular complexity index is 1400. The van der Waals surface area contributed by atoms with Crippen LogP contribution in [0.4, 0.5) is 17.1 Å². The second kappa shape index (κ2) is 10.2. The molecule has 2 N–H and O–H groups in total. The summed E-state index contributed by atoms with van der Waals surface area (Å²) in [5.74, 6) is -0.189. The van der Waals surface area contributed by atoms with Crippen LogP contribution in [0.3, 0.4) is 0 Å². The number of para-hydroxylation sites is 1. The van der Waals surface area contributed by atoms with Gasteiger partial charge in [0.2, 0.25) is 0 Å². The van der Waals surface area contributed by atoms with Crippen molar-refractivity contribution < 1.29 is 23.5 Å². The number of rotatable bonds is 7. The summed E-state index contributed by atoms with van der Waals surface area (Å²) < 4.78 is 10.6. The Morgan fingerprint density at radius 2 is 1.69 bits per heavy atom. The molecule has 8 heteroatoms. The minimum absolute atomic E-state index is 0.0693. The average molecular weight is 482 g/mol. The first-order valence-electron chi connectivity index (χ1n) is 11.4. The van der Waals surface area contributed by atoms with Gasteiger partial charge in [-0.05, 0) is 66.6 Å². The van der Waals surface area contributed by atoms with Gasteiger partial charge < -0.3 is 24.7 Å². The molecule has 5 rings (SSSR count). The van der Waals surface area contributed by atoms with Crippen molar-refractivity contribution in [2.24, 2.45) is 0 Å². The molecule has 36 heavy (non-hydrogen) atoms. The van der Waals surface area contributed by atoms with Crippen molar-refractivity contribution in [3.05, 3.63) is 108 Å². The van der Waals surface area contributed by atoms with Crippen molar-refractivity contribution in [2.75, 3.05) is 28.7 Å². The Balaban J connectivity index is 1.14. The lowest BCUT2D eigenvalue weighted by atomic mass is 10.1. The Hall–Kier alpha value is -4.85. The highest BCUT2D eigenvalue weighted by Crippen LogP contribution is 2.29. The molecular formula is C28H23N3O5. The van der Waals surface area contributed by atoms with Crippen molar-refractivity contribution in [1.29, 1.82) is 0 Å². The van der Waals surface area contributed by atoms with Gasteiger partial charge in [-0.1, -0.05) is 24.3 Å². The third kappa shape index (κ3) is 5.12. The smallest absolute Gasteiger partial charge is 0.291 e. The maximum atomic E-state index is 13.0. The minimum atomic E-state index is -0.384. The van der Waals surface area contributed by atoms with Gasteiger partial charge in [0.25, 0.3) is 17.7 Å². The standard InChI is InChI=1S/C28H23N3O5/c32-26(18-36-23-7-3-6-22(17-23)30-27(33)25-9-4-16-35-25)29-21-12-10-20(11-13-21)28(34)31-15-14-19-5-1-2-8-24(19)31/h1-13,16-17H,14-15,18H2,(H,29,32)(H,30,33). The molecule has 4 aromatic rings. The lowest BCUT2D eigenvalue weighted by Gasteiger charge is -2.17. The Kier molecular flexibility index (Phi) is 6.48. The first-order chi connectivity index (χ1) is 17.6. The molecule has 0 saturated carbocycles. The highest BCUT2D eigenvalue weighted by atomic mass is 16.5. The lowest BCUT2D eigenvalue weighted by molar-refractivity contribution is -0.118. The zero-order valence-corrected chi connectivity index (χ0v) is 19.3. The van der Waals surface area contributed by atoms with Crippen LogP contribution in [0.25, 0.3) is 0 Å². The number of anilines is 3. The van der Waals surface area contributed by atoms with Gasteiger partial charge in [-0.2, -0.15) is 0 Å². The van der Waals surface area contributed by atoms with E-state index in [0.29, 0.717) is 29.2 Å². The van der Waals surface area contributed by atoms with Gasteiger partial charge in [0.05, 0.1) is 6.26 Å². The van der Waals surface area contributed by atoms with Gasteiger partial charge in [0.1, 0.15) is 5.75 Å². The highest BCUT2D eigenvalue weighted by molar-refractivity contribution is 6.07. The fourth-order valence-electron chi connectivity index (χ4n) is 4.01. The Morgan fingerprint density at radius 1 is 0.861 bits per heavy atom. The van der Waals surface area contributed by atoms with Crippen LogP contribution in [-0.4, -0.2) is 30.9 Å². The molecule has 0 aliphatic carbocycles. The van der Waals surface area contributed by atoms with E-state index in [2.05, 4.69) is 10.6 Å². The molecule has 0 fully saturated rings. The second-order valence-corrected chi connectivity index (χ2v) is 8.21. The summed E-state index contributed by atoms with van der Waals surface area (Å²) in [7, 11) is 0. The maximum absolute atomic E-state index is 13.0. The molecule has 0 atom stereocenters. The van der Waals surface area contributed by atoms with Gasteiger partial charge in [0.15, 0.2) is 12.4 Å². The number of ether oxygens (including phenoxy) is 1. The first kappa shape index (κ1) is 22.9. The van der Waals surface area contributed by atoms with E-state index in [9.17, 15) is 14.4 Å². The average Bonchev–Trinajstić information content (AvgIpc) is 3.59. The number of carbonyl (C=O) groups excluding carboxylic acids is 3. The maximum Gasteiger partial charge on any atom is 0.291 e. The van der Waals surface area contributed by atoms with E-state index < -0.39 is 0 Å². The normalized spacial score (nSPS) is 12.1. The summed E-state index contributed by atoms with van der Waals surface area (Å²) in [5, 5.41) is 5.47. The SMILES string of the molecule is O=C(COc1cccc(NC(=O)c2ccco2)c1)Nc1ccc(C(=O)N2CCc3ccccc32)cc1. The van der Waals surface area contributed by atoms with E-state index in [1.54, 1.807) is 65.6 Å². The van der Waals surface area contributed by atoms with Crippen molar-refractivity contribution in [3.8, 4) is 5.75 Å². The molecule has 0 spiro atoms. The van der Waals surface area contributed by atoms with E-state index in [1.807, 2.05) is 24.3 Å². The predicted octanol–water partition coefficient (Wildman–Crippen LogP) is 4.75. The second-order valence-electron chi connectivity index (χ2n) is 8.21. The highest BCUT2D eigenvalue weighted by Gasteiger charge is 2.25. The summed E-state index contributed by atoms with van der Waals surface area (Å²) in [6, 6.07) is 24.6. The van der Waals surface area contributed by atoms with Crippen LogP contribution in [0, 0.1) is 0 Å². The third-order valence-electron chi connectivity index (χ3n) is 5.75. The van der Waals surface area contributed by atoms with E-state index in [4.69, 9.17) is 9.15 Å². The molecule has 3 amide bonds. The quantitative estimate of drug-likeness (QED) is 0.397. The number of hydrogen-bond acceptors (Lipinski definition) is 5. The van der Waals surface area contributed by atoms with Crippen molar-refractivity contribution >= 4 is 34.8 Å². The molecule has 2 heterocycles. The number of furan rings is 1. The molecule has 180 valence electrons.